The van der Waals surface area contributed by atoms with E-state index < -0.39 is 17.8 Å². The minimum atomic E-state index is -4.52. The number of hydrogen-bond acceptors (Lipinski definition) is 5. The summed E-state index contributed by atoms with van der Waals surface area (Å²) >= 11 is 0. The zero-order valence-corrected chi connectivity index (χ0v) is 22.8. The first-order valence-corrected chi connectivity index (χ1v) is 13.9. The number of halogens is 3. The van der Waals surface area contributed by atoms with Crippen molar-refractivity contribution in [1.29, 1.82) is 0 Å². The number of anilines is 3. The Kier molecular flexibility index (Phi) is 7.06. The lowest BCUT2D eigenvalue weighted by molar-refractivity contribution is -0.137. The third kappa shape index (κ3) is 6.00. The molecule has 1 saturated heterocycles. The summed E-state index contributed by atoms with van der Waals surface area (Å²) in [6, 6.07) is 12.4. The molecule has 214 valence electrons. The summed E-state index contributed by atoms with van der Waals surface area (Å²) in [6.45, 7) is 2.12. The normalized spacial score (nSPS) is 16.2. The highest BCUT2D eigenvalue weighted by Gasteiger charge is 2.32. The van der Waals surface area contributed by atoms with Gasteiger partial charge in [-0.2, -0.15) is 18.3 Å². The van der Waals surface area contributed by atoms with Gasteiger partial charge < -0.3 is 16.4 Å². The van der Waals surface area contributed by atoms with Crippen molar-refractivity contribution in [3.63, 3.8) is 0 Å². The molecule has 0 unspecified atom stereocenters. The van der Waals surface area contributed by atoms with Crippen LogP contribution in [0.4, 0.5) is 35.2 Å². The summed E-state index contributed by atoms with van der Waals surface area (Å²) < 4.78 is 42.6. The van der Waals surface area contributed by atoms with Gasteiger partial charge in [0.15, 0.2) is 11.5 Å². The molecule has 1 saturated carbocycles. The average Bonchev–Trinajstić information content (AvgIpc) is 3.74. The lowest BCUT2D eigenvalue weighted by Crippen LogP contribution is -2.29. The van der Waals surface area contributed by atoms with Crippen molar-refractivity contribution in [2.45, 2.75) is 50.7 Å². The van der Waals surface area contributed by atoms with Crippen LogP contribution in [0.25, 0.3) is 22.2 Å². The second-order valence-electron chi connectivity index (χ2n) is 11.0. The molecule has 11 heteroatoms. The number of hydrogen-bond donors (Lipinski definition) is 3. The van der Waals surface area contributed by atoms with Crippen LogP contribution in [0, 0.1) is 0 Å². The van der Waals surface area contributed by atoms with Gasteiger partial charge in [0.2, 0.25) is 0 Å². The van der Waals surface area contributed by atoms with Gasteiger partial charge in [-0.15, -0.1) is 0 Å². The molecule has 1 aliphatic carbocycles. The van der Waals surface area contributed by atoms with Crippen LogP contribution in [-0.4, -0.2) is 38.8 Å². The number of aromatic nitrogens is 3. The number of nitrogens with two attached hydrogens (primary N) is 1. The number of piperidine rings is 1. The number of benzene rings is 2. The van der Waals surface area contributed by atoms with Crippen LogP contribution in [0.2, 0.25) is 0 Å². The Morgan fingerprint density at radius 2 is 1.71 bits per heavy atom. The fourth-order valence-electron chi connectivity index (χ4n) is 5.53. The number of likely N-dealkylation sites (tertiary alicyclic amines) is 1. The molecular weight excluding hydrogens is 531 g/mol. The minimum Gasteiger partial charge on any atom is -0.382 e. The Labute approximate surface area is 235 Å². The number of fused-ring (bicyclic) bond motifs is 1. The van der Waals surface area contributed by atoms with Gasteiger partial charge in [-0.25, -0.2) is 14.5 Å². The van der Waals surface area contributed by atoms with Crippen molar-refractivity contribution in [2.75, 3.05) is 29.5 Å². The van der Waals surface area contributed by atoms with E-state index in [1.807, 2.05) is 19.2 Å². The van der Waals surface area contributed by atoms with Gasteiger partial charge in [-0.3, -0.25) is 4.90 Å². The number of nitrogens with one attached hydrogen (secondary N) is 2. The van der Waals surface area contributed by atoms with Gasteiger partial charge in [-0.1, -0.05) is 18.6 Å². The first-order valence-electron chi connectivity index (χ1n) is 13.9. The first-order chi connectivity index (χ1) is 19.6. The van der Waals surface area contributed by atoms with Crippen molar-refractivity contribution in [2.24, 2.45) is 7.05 Å². The van der Waals surface area contributed by atoms with Crippen molar-refractivity contribution in [3.05, 3.63) is 65.4 Å². The first kappa shape index (κ1) is 27.1. The molecule has 0 bridgehead atoms. The monoisotopic (exact) mass is 563 g/mol. The Bertz CT molecular complexity index is 1590. The van der Waals surface area contributed by atoms with E-state index in [4.69, 9.17) is 10.7 Å². The van der Waals surface area contributed by atoms with Gasteiger partial charge in [0.25, 0.3) is 0 Å². The second kappa shape index (κ2) is 10.7. The highest BCUT2D eigenvalue weighted by atomic mass is 19.4. The van der Waals surface area contributed by atoms with Crippen molar-refractivity contribution in [1.82, 2.24) is 19.7 Å². The number of alkyl halides is 3. The fraction of sp³-hybridized carbons (Fsp3) is 0.367. The van der Waals surface area contributed by atoms with Crippen LogP contribution in [0.5, 0.6) is 0 Å². The highest BCUT2D eigenvalue weighted by Crippen LogP contribution is 2.42. The predicted octanol–water partition coefficient (Wildman–Crippen LogP) is 6.74. The topological polar surface area (TPSA) is 101 Å². The van der Waals surface area contributed by atoms with E-state index in [2.05, 4.69) is 26.7 Å². The molecule has 8 nitrogen and oxygen atoms in total. The maximum absolute atomic E-state index is 13.6. The van der Waals surface area contributed by atoms with Gasteiger partial charge in [-0.05, 0) is 91.9 Å². The quantitative estimate of drug-likeness (QED) is 0.241. The van der Waals surface area contributed by atoms with Gasteiger partial charge in [0, 0.05) is 36.6 Å². The molecule has 3 heterocycles. The molecule has 6 rings (SSSR count). The van der Waals surface area contributed by atoms with E-state index in [9.17, 15) is 18.0 Å². The molecule has 41 heavy (non-hydrogen) atoms. The standard InChI is InChI=1S/C30H32F3N7O/c1-39-28-26(27(34)38-39)24(16-25(37-28)20-5-6-20)19-7-9-22(10-8-19)35-29(41)36-23-14-18(13-21(15-23)30(31,32)33)17-40-11-3-2-4-12-40/h7-10,13-16,20H,2-6,11-12,17H2,1H3,(H2,34,38)(H2,35,36,41). The van der Waals surface area contributed by atoms with Gasteiger partial charge in [0.05, 0.1) is 10.9 Å². The molecule has 0 atom stereocenters. The number of aryl methyl sites for hydroxylation is 1. The Morgan fingerprint density at radius 1 is 1.00 bits per heavy atom. The summed E-state index contributed by atoms with van der Waals surface area (Å²) in [6.07, 6.45) is 0.905. The Hall–Kier alpha value is -4.12. The lowest BCUT2D eigenvalue weighted by Gasteiger charge is -2.27. The summed E-state index contributed by atoms with van der Waals surface area (Å²) in [5.41, 5.74) is 10.1. The van der Waals surface area contributed by atoms with E-state index in [0.717, 1.165) is 85.2 Å². The Morgan fingerprint density at radius 3 is 2.39 bits per heavy atom. The number of carbonyl (C=O) groups is 1. The summed E-state index contributed by atoms with van der Waals surface area (Å²) in [5, 5.41) is 10.4. The molecule has 2 aromatic carbocycles. The summed E-state index contributed by atoms with van der Waals surface area (Å²) in [5.74, 6) is 0.838. The largest absolute Gasteiger partial charge is 0.416 e. The van der Waals surface area contributed by atoms with Crippen LogP contribution in [-0.2, 0) is 19.8 Å². The number of nitrogen functional groups attached to an aromatic ring is 1. The molecule has 4 aromatic rings. The van der Waals surface area contributed by atoms with Gasteiger partial charge >= 0.3 is 12.2 Å². The number of amides is 2. The third-order valence-corrected chi connectivity index (χ3v) is 7.72. The molecule has 1 aliphatic heterocycles. The van der Waals surface area contributed by atoms with Crippen LogP contribution < -0.4 is 16.4 Å². The van der Waals surface area contributed by atoms with Crippen LogP contribution in [0.15, 0.2) is 48.5 Å². The number of urea groups is 1. The number of rotatable bonds is 6. The highest BCUT2D eigenvalue weighted by molar-refractivity contribution is 6.02. The lowest BCUT2D eigenvalue weighted by atomic mass is 10.0. The molecule has 0 spiro atoms. The molecular formula is C30H32F3N7O. The van der Waals surface area contributed by atoms with E-state index >= 15 is 0 Å². The van der Waals surface area contributed by atoms with E-state index in [0.29, 0.717) is 29.5 Å². The van der Waals surface area contributed by atoms with Crippen LogP contribution in [0.3, 0.4) is 0 Å². The predicted molar refractivity (Wildman–Crippen MR) is 154 cm³/mol. The van der Waals surface area contributed by atoms with Crippen molar-refractivity contribution >= 4 is 34.3 Å². The minimum absolute atomic E-state index is 0.0970. The molecule has 2 fully saturated rings. The maximum Gasteiger partial charge on any atom is 0.416 e. The van der Waals surface area contributed by atoms with Gasteiger partial charge in [0.1, 0.15) is 0 Å². The average molecular weight is 564 g/mol. The maximum atomic E-state index is 13.6. The fourth-order valence-corrected chi connectivity index (χ4v) is 5.53. The zero-order chi connectivity index (χ0) is 28.7. The van der Waals surface area contributed by atoms with E-state index in [1.54, 1.807) is 22.9 Å². The molecule has 2 amide bonds. The second-order valence-corrected chi connectivity index (χ2v) is 11.0. The number of nitrogens with zero attached hydrogens (tertiary/aromatic N) is 4. The zero-order valence-electron chi connectivity index (χ0n) is 22.8. The molecule has 4 N–H and O–H groups in total. The summed E-state index contributed by atoms with van der Waals surface area (Å²) in [4.78, 5) is 19.7. The smallest absolute Gasteiger partial charge is 0.382 e. The molecule has 2 aromatic heterocycles. The molecule has 2 aliphatic rings. The molecule has 0 radical (unpaired) electrons. The van der Waals surface area contributed by atoms with Crippen molar-refractivity contribution < 1.29 is 18.0 Å². The van der Waals surface area contributed by atoms with E-state index in [-0.39, 0.29) is 5.69 Å². The SMILES string of the molecule is Cn1nc(N)c2c(-c3ccc(NC(=O)Nc4cc(CN5CCCCC5)cc(C(F)(F)F)c4)cc3)cc(C3CC3)nc21. The number of carbonyl (C=O) groups excluding carboxylic acids is 1. The van der Waals surface area contributed by atoms with E-state index in [1.165, 1.54) is 0 Å². The van der Waals surface area contributed by atoms with Crippen molar-refractivity contribution in [3.8, 4) is 11.1 Å². The summed E-state index contributed by atoms with van der Waals surface area (Å²) in [7, 11) is 1.82. The Balaban J connectivity index is 1.20. The number of pyridine rings is 1. The van der Waals surface area contributed by atoms with Crippen LogP contribution >= 0.6 is 0 Å². The van der Waals surface area contributed by atoms with Crippen LogP contribution in [0.1, 0.15) is 54.8 Å². The third-order valence-electron chi connectivity index (χ3n) is 7.72.